The first-order valence-corrected chi connectivity index (χ1v) is 6.54. The van der Waals surface area contributed by atoms with E-state index in [0.29, 0.717) is 5.75 Å². The Morgan fingerprint density at radius 1 is 1.26 bits per heavy atom. The van der Waals surface area contributed by atoms with Crippen molar-refractivity contribution < 1.29 is 13.9 Å². The van der Waals surface area contributed by atoms with E-state index in [1.807, 2.05) is 0 Å². The van der Waals surface area contributed by atoms with Gasteiger partial charge in [-0.05, 0) is 46.3 Å². The Hall–Kier alpha value is -1.39. The van der Waals surface area contributed by atoms with Gasteiger partial charge in [0, 0.05) is 5.56 Å². The van der Waals surface area contributed by atoms with E-state index in [1.54, 1.807) is 12.1 Å². The first-order valence-electron chi connectivity index (χ1n) is 5.37. The maximum Gasteiger partial charge on any atom is 0.197 e. The number of hydrogen-bond donors (Lipinski definition) is 0. The topological polar surface area (TPSA) is 26.3 Å². The lowest BCUT2D eigenvalue weighted by Gasteiger charge is -2.07. The van der Waals surface area contributed by atoms with Gasteiger partial charge in [0.05, 0.1) is 22.2 Å². The summed E-state index contributed by atoms with van der Waals surface area (Å²) in [4.78, 5) is 12.3. The smallest absolute Gasteiger partial charge is 0.197 e. The highest BCUT2D eigenvalue weighted by atomic mass is 79.9. The standard InChI is InChI=1S/C14H9BrClFO2/c1-19-8-5-6-9(12(16)7-8)14(18)10-3-2-4-11(15)13(10)17/h2-7H,1H3. The molecule has 98 valence electrons. The molecule has 0 aliphatic carbocycles. The van der Waals surface area contributed by atoms with Gasteiger partial charge in [-0.1, -0.05) is 17.7 Å². The zero-order chi connectivity index (χ0) is 14.0. The predicted molar refractivity (Wildman–Crippen MR) is 75.5 cm³/mol. The van der Waals surface area contributed by atoms with Crippen molar-refractivity contribution in [3.63, 3.8) is 0 Å². The summed E-state index contributed by atoms with van der Waals surface area (Å²) in [5.74, 6) is -0.526. The van der Waals surface area contributed by atoms with Crippen molar-refractivity contribution in [2.24, 2.45) is 0 Å². The molecule has 0 bridgehead atoms. The van der Waals surface area contributed by atoms with Gasteiger partial charge >= 0.3 is 0 Å². The number of ketones is 1. The molecule has 2 aromatic carbocycles. The number of methoxy groups -OCH3 is 1. The summed E-state index contributed by atoms with van der Waals surface area (Å²) >= 11 is 9.06. The van der Waals surface area contributed by atoms with Gasteiger partial charge in [0.25, 0.3) is 0 Å². The van der Waals surface area contributed by atoms with Crippen LogP contribution in [0.4, 0.5) is 4.39 Å². The molecule has 0 saturated heterocycles. The number of rotatable bonds is 3. The molecular weight excluding hydrogens is 335 g/mol. The molecular formula is C14H9BrClFO2. The van der Waals surface area contributed by atoms with Crippen LogP contribution in [-0.2, 0) is 0 Å². The fourth-order valence-electron chi connectivity index (χ4n) is 1.63. The van der Waals surface area contributed by atoms with Crippen LogP contribution in [0.1, 0.15) is 15.9 Å². The summed E-state index contributed by atoms with van der Waals surface area (Å²) in [7, 11) is 1.50. The molecule has 0 N–H and O–H groups in total. The summed E-state index contributed by atoms with van der Waals surface area (Å²) in [5.41, 5.74) is 0.209. The third-order valence-electron chi connectivity index (χ3n) is 2.62. The molecule has 0 aliphatic heterocycles. The molecule has 2 rings (SSSR count). The largest absolute Gasteiger partial charge is 0.497 e. The first kappa shape index (κ1) is 14.0. The summed E-state index contributed by atoms with van der Waals surface area (Å²) in [6, 6.07) is 9.19. The minimum atomic E-state index is -0.598. The summed E-state index contributed by atoms with van der Waals surface area (Å²) in [5, 5.41) is 0.226. The third kappa shape index (κ3) is 2.80. The molecule has 0 saturated carbocycles. The van der Waals surface area contributed by atoms with Gasteiger partial charge in [0.15, 0.2) is 5.78 Å². The second kappa shape index (κ2) is 5.72. The molecule has 0 fully saturated rings. The summed E-state index contributed by atoms with van der Waals surface area (Å²) in [6.45, 7) is 0. The summed E-state index contributed by atoms with van der Waals surface area (Å²) in [6.07, 6.45) is 0. The van der Waals surface area contributed by atoms with Gasteiger partial charge in [0.2, 0.25) is 0 Å². The Morgan fingerprint density at radius 3 is 2.63 bits per heavy atom. The molecule has 5 heteroatoms. The fourth-order valence-corrected chi connectivity index (χ4v) is 2.25. The molecule has 0 amide bonds. The first-order chi connectivity index (χ1) is 9.04. The number of carbonyl (C=O) groups excluding carboxylic acids is 1. The van der Waals surface area contributed by atoms with Gasteiger partial charge in [-0.15, -0.1) is 0 Å². The molecule has 0 unspecified atom stereocenters. The number of ether oxygens (including phenoxy) is 1. The van der Waals surface area contributed by atoms with Gasteiger partial charge in [-0.2, -0.15) is 0 Å². The number of hydrogen-bond acceptors (Lipinski definition) is 2. The second-order valence-corrected chi connectivity index (χ2v) is 5.04. The van der Waals surface area contributed by atoms with Crippen LogP contribution in [0.2, 0.25) is 5.02 Å². The van der Waals surface area contributed by atoms with Crippen LogP contribution in [0, 0.1) is 5.82 Å². The van der Waals surface area contributed by atoms with Gasteiger partial charge in [0.1, 0.15) is 11.6 Å². The molecule has 19 heavy (non-hydrogen) atoms. The van der Waals surface area contributed by atoms with E-state index in [0.717, 1.165) is 0 Å². The minimum Gasteiger partial charge on any atom is -0.497 e. The van der Waals surface area contributed by atoms with E-state index in [9.17, 15) is 9.18 Å². The van der Waals surface area contributed by atoms with Crippen LogP contribution in [-0.4, -0.2) is 12.9 Å². The zero-order valence-electron chi connectivity index (χ0n) is 9.91. The average Bonchev–Trinajstić information content (AvgIpc) is 2.41. The van der Waals surface area contributed by atoms with E-state index < -0.39 is 11.6 Å². The number of halogens is 3. The quantitative estimate of drug-likeness (QED) is 0.768. The van der Waals surface area contributed by atoms with Crippen LogP contribution in [0.25, 0.3) is 0 Å². The van der Waals surface area contributed by atoms with E-state index in [1.165, 1.54) is 31.4 Å². The lowest BCUT2D eigenvalue weighted by molar-refractivity contribution is 0.103. The van der Waals surface area contributed by atoms with Gasteiger partial charge < -0.3 is 4.74 Å². The van der Waals surface area contributed by atoms with Crippen molar-refractivity contribution >= 4 is 33.3 Å². The predicted octanol–water partition coefficient (Wildman–Crippen LogP) is 4.48. The molecule has 2 nitrogen and oxygen atoms in total. The highest BCUT2D eigenvalue weighted by molar-refractivity contribution is 9.10. The Kier molecular flexibility index (Phi) is 4.22. The van der Waals surface area contributed by atoms with Crippen molar-refractivity contribution in [3.05, 3.63) is 62.8 Å². The Morgan fingerprint density at radius 2 is 2.00 bits per heavy atom. The van der Waals surface area contributed by atoms with Gasteiger partial charge in [-0.3, -0.25) is 4.79 Å². The lowest BCUT2D eigenvalue weighted by Crippen LogP contribution is -2.05. The Balaban J connectivity index is 2.47. The van der Waals surface area contributed by atoms with Crippen LogP contribution in [0.3, 0.4) is 0 Å². The van der Waals surface area contributed by atoms with Crippen LogP contribution < -0.4 is 4.74 Å². The second-order valence-electron chi connectivity index (χ2n) is 3.78. The molecule has 0 heterocycles. The zero-order valence-corrected chi connectivity index (χ0v) is 12.3. The monoisotopic (exact) mass is 342 g/mol. The van der Waals surface area contributed by atoms with E-state index in [-0.39, 0.29) is 20.6 Å². The molecule has 0 atom stereocenters. The van der Waals surface area contributed by atoms with Crippen LogP contribution >= 0.6 is 27.5 Å². The Bertz CT molecular complexity index is 643. The van der Waals surface area contributed by atoms with Crippen molar-refractivity contribution in [2.75, 3.05) is 7.11 Å². The van der Waals surface area contributed by atoms with Crippen molar-refractivity contribution in [1.82, 2.24) is 0 Å². The van der Waals surface area contributed by atoms with Gasteiger partial charge in [-0.25, -0.2) is 4.39 Å². The minimum absolute atomic E-state index is 0.0264. The number of benzene rings is 2. The molecule has 0 radical (unpaired) electrons. The normalized spacial score (nSPS) is 10.3. The molecule has 0 aliphatic rings. The van der Waals surface area contributed by atoms with E-state index >= 15 is 0 Å². The van der Waals surface area contributed by atoms with Crippen molar-refractivity contribution in [1.29, 1.82) is 0 Å². The van der Waals surface area contributed by atoms with Crippen molar-refractivity contribution in [2.45, 2.75) is 0 Å². The average molecular weight is 344 g/mol. The van der Waals surface area contributed by atoms with E-state index in [4.69, 9.17) is 16.3 Å². The van der Waals surface area contributed by atoms with Crippen LogP contribution in [0.15, 0.2) is 40.9 Å². The SMILES string of the molecule is COc1ccc(C(=O)c2cccc(Br)c2F)c(Cl)c1. The summed E-state index contributed by atoms with van der Waals surface area (Å²) < 4.78 is 19.1. The van der Waals surface area contributed by atoms with Crippen molar-refractivity contribution in [3.8, 4) is 5.75 Å². The lowest BCUT2D eigenvalue weighted by atomic mass is 10.0. The maximum absolute atomic E-state index is 13.9. The number of carbonyl (C=O) groups is 1. The molecule has 0 spiro atoms. The molecule has 0 aromatic heterocycles. The highest BCUT2D eigenvalue weighted by Crippen LogP contribution is 2.27. The fraction of sp³-hybridized carbons (Fsp3) is 0.0714. The van der Waals surface area contributed by atoms with E-state index in [2.05, 4.69) is 15.9 Å². The van der Waals surface area contributed by atoms with Crippen LogP contribution in [0.5, 0.6) is 5.75 Å². The maximum atomic E-state index is 13.9. The third-order valence-corrected chi connectivity index (χ3v) is 3.54. The molecule has 2 aromatic rings. The Labute approximate surface area is 123 Å². The highest BCUT2D eigenvalue weighted by Gasteiger charge is 2.18.